The third-order valence-corrected chi connectivity index (χ3v) is 3.96. The number of rotatable bonds is 8. The van der Waals surface area contributed by atoms with Crippen molar-refractivity contribution >= 4 is 5.82 Å². The van der Waals surface area contributed by atoms with Crippen molar-refractivity contribution in [3.63, 3.8) is 0 Å². The van der Waals surface area contributed by atoms with Gasteiger partial charge in [-0.05, 0) is 31.4 Å². The van der Waals surface area contributed by atoms with Gasteiger partial charge < -0.3 is 10.4 Å². The number of aliphatic hydroxyl groups excluding tert-OH is 1. The molecule has 0 aromatic carbocycles. The van der Waals surface area contributed by atoms with Crippen molar-refractivity contribution in [1.29, 1.82) is 0 Å². The van der Waals surface area contributed by atoms with Gasteiger partial charge in [-0.2, -0.15) is 0 Å². The maximum atomic E-state index is 9.27. The quantitative estimate of drug-likeness (QED) is 0.767. The average molecular weight is 277 g/mol. The third-order valence-electron chi connectivity index (χ3n) is 3.96. The molecule has 1 aliphatic rings. The van der Waals surface area contributed by atoms with Gasteiger partial charge in [0.2, 0.25) is 0 Å². The van der Waals surface area contributed by atoms with Crippen LogP contribution in [0.3, 0.4) is 0 Å². The summed E-state index contributed by atoms with van der Waals surface area (Å²) in [4.78, 5) is 7.06. The summed E-state index contributed by atoms with van der Waals surface area (Å²) >= 11 is 0. The fraction of sp³-hybridized carbons (Fsp3) is 0.688. The van der Waals surface area contributed by atoms with Crippen molar-refractivity contribution < 1.29 is 5.11 Å². The Labute approximate surface area is 122 Å². The van der Waals surface area contributed by atoms with Gasteiger partial charge in [0, 0.05) is 25.7 Å². The predicted molar refractivity (Wildman–Crippen MR) is 82.8 cm³/mol. The Balaban J connectivity index is 1.98. The molecular formula is C16H27N3O. The zero-order chi connectivity index (χ0) is 14.2. The van der Waals surface area contributed by atoms with E-state index in [2.05, 4.69) is 34.3 Å². The van der Waals surface area contributed by atoms with Gasteiger partial charge in [-0.3, -0.25) is 4.90 Å². The molecule has 1 saturated carbocycles. The number of hydrogen-bond acceptors (Lipinski definition) is 4. The molecule has 0 spiro atoms. The SMILES string of the molecule is CCCNc1cccc(CN(CCO)C2CCCC2)n1. The lowest BCUT2D eigenvalue weighted by Crippen LogP contribution is -2.35. The number of nitrogens with zero attached hydrogens (tertiary/aromatic N) is 2. The fourth-order valence-electron chi connectivity index (χ4n) is 2.92. The second-order valence-corrected chi connectivity index (χ2v) is 5.57. The Morgan fingerprint density at radius 1 is 1.35 bits per heavy atom. The second-order valence-electron chi connectivity index (χ2n) is 5.57. The lowest BCUT2D eigenvalue weighted by molar-refractivity contribution is 0.143. The number of nitrogens with one attached hydrogen (secondary N) is 1. The minimum Gasteiger partial charge on any atom is -0.395 e. The first-order valence-corrected chi connectivity index (χ1v) is 7.88. The molecule has 2 N–H and O–H groups in total. The Bertz CT molecular complexity index is 391. The van der Waals surface area contributed by atoms with Gasteiger partial charge in [0.05, 0.1) is 12.3 Å². The van der Waals surface area contributed by atoms with Gasteiger partial charge in [0.25, 0.3) is 0 Å². The number of pyridine rings is 1. The highest BCUT2D eigenvalue weighted by molar-refractivity contribution is 5.35. The van der Waals surface area contributed by atoms with E-state index in [1.807, 2.05) is 6.07 Å². The lowest BCUT2D eigenvalue weighted by Gasteiger charge is -2.27. The Morgan fingerprint density at radius 2 is 2.15 bits per heavy atom. The number of aromatic nitrogens is 1. The highest BCUT2D eigenvalue weighted by atomic mass is 16.3. The lowest BCUT2D eigenvalue weighted by atomic mass is 10.2. The number of aliphatic hydroxyl groups is 1. The minimum atomic E-state index is 0.226. The molecule has 1 fully saturated rings. The highest BCUT2D eigenvalue weighted by Gasteiger charge is 2.22. The van der Waals surface area contributed by atoms with Crippen molar-refractivity contribution in [1.82, 2.24) is 9.88 Å². The van der Waals surface area contributed by atoms with E-state index in [0.717, 1.165) is 37.6 Å². The summed E-state index contributed by atoms with van der Waals surface area (Å²) in [5, 5.41) is 12.6. The van der Waals surface area contributed by atoms with Crippen molar-refractivity contribution in [2.75, 3.05) is 25.0 Å². The van der Waals surface area contributed by atoms with Crippen molar-refractivity contribution in [3.8, 4) is 0 Å². The maximum Gasteiger partial charge on any atom is 0.126 e. The number of hydrogen-bond donors (Lipinski definition) is 2. The summed E-state index contributed by atoms with van der Waals surface area (Å²) in [6, 6.07) is 6.78. The van der Waals surface area contributed by atoms with Crippen molar-refractivity contribution in [2.24, 2.45) is 0 Å². The van der Waals surface area contributed by atoms with E-state index in [9.17, 15) is 5.11 Å². The first-order chi connectivity index (χ1) is 9.83. The van der Waals surface area contributed by atoms with Gasteiger partial charge in [-0.25, -0.2) is 4.98 Å². The third kappa shape index (κ3) is 4.46. The molecule has 0 aliphatic heterocycles. The van der Waals surface area contributed by atoms with E-state index in [4.69, 9.17) is 0 Å². The molecule has 2 rings (SSSR count). The molecule has 20 heavy (non-hydrogen) atoms. The van der Waals surface area contributed by atoms with E-state index >= 15 is 0 Å². The standard InChI is InChI=1S/C16H27N3O/c1-2-10-17-16-9-5-6-14(18-16)13-19(11-12-20)15-7-3-4-8-15/h5-6,9,15,20H,2-4,7-8,10-13H2,1H3,(H,17,18). The molecule has 0 amide bonds. The van der Waals surface area contributed by atoms with Crippen LogP contribution in [-0.2, 0) is 6.54 Å². The summed E-state index contributed by atoms with van der Waals surface area (Å²) in [7, 11) is 0. The average Bonchev–Trinajstić information content (AvgIpc) is 2.99. The summed E-state index contributed by atoms with van der Waals surface area (Å²) in [5.41, 5.74) is 1.09. The zero-order valence-corrected chi connectivity index (χ0v) is 12.5. The van der Waals surface area contributed by atoms with Gasteiger partial charge in [0.15, 0.2) is 0 Å². The van der Waals surface area contributed by atoms with Crippen LogP contribution in [0.15, 0.2) is 18.2 Å². The van der Waals surface area contributed by atoms with Crippen LogP contribution >= 0.6 is 0 Å². The van der Waals surface area contributed by atoms with Gasteiger partial charge in [0.1, 0.15) is 5.82 Å². The molecule has 1 heterocycles. The summed E-state index contributed by atoms with van der Waals surface area (Å²) in [6.45, 7) is 4.93. The van der Waals surface area contributed by atoms with Crippen LogP contribution in [0.1, 0.15) is 44.7 Å². The van der Waals surface area contributed by atoms with Crippen LogP contribution in [-0.4, -0.2) is 40.7 Å². The van der Waals surface area contributed by atoms with Crippen LogP contribution in [0.5, 0.6) is 0 Å². The monoisotopic (exact) mass is 277 g/mol. The molecule has 0 saturated heterocycles. The molecule has 1 aromatic rings. The first-order valence-electron chi connectivity index (χ1n) is 7.88. The van der Waals surface area contributed by atoms with Gasteiger partial charge in [-0.1, -0.05) is 25.8 Å². The maximum absolute atomic E-state index is 9.27. The second kappa shape index (κ2) is 8.22. The molecule has 112 valence electrons. The molecule has 1 aromatic heterocycles. The normalized spacial score (nSPS) is 15.9. The summed E-state index contributed by atoms with van der Waals surface area (Å²) < 4.78 is 0. The zero-order valence-electron chi connectivity index (χ0n) is 12.5. The van der Waals surface area contributed by atoms with Crippen LogP contribution in [0, 0.1) is 0 Å². The van der Waals surface area contributed by atoms with E-state index in [-0.39, 0.29) is 6.61 Å². The number of anilines is 1. The molecule has 4 heteroatoms. The molecule has 0 unspecified atom stereocenters. The van der Waals surface area contributed by atoms with E-state index in [1.165, 1.54) is 25.7 Å². The minimum absolute atomic E-state index is 0.226. The first kappa shape index (κ1) is 15.3. The Morgan fingerprint density at radius 3 is 2.85 bits per heavy atom. The van der Waals surface area contributed by atoms with E-state index in [1.54, 1.807) is 0 Å². The molecule has 1 aliphatic carbocycles. The molecule has 0 radical (unpaired) electrons. The van der Waals surface area contributed by atoms with Crippen molar-refractivity contribution in [3.05, 3.63) is 23.9 Å². The van der Waals surface area contributed by atoms with E-state index in [0.29, 0.717) is 6.04 Å². The Kier molecular flexibility index (Phi) is 6.27. The van der Waals surface area contributed by atoms with Gasteiger partial charge >= 0.3 is 0 Å². The van der Waals surface area contributed by atoms with Crippen LogP contribution in [0.2, 0.25) is 0 Å². The fourth-order valence-corrected chi connectivity index (χ4v) is 2.92. The van der Waals surface area contributed by atoms with Crippen LogP contribution in [0.4, 0.5) is 5.82 Å². The topological polar surface area (TPSA) is 48.4 Å². The Hall–Kier alpha value is -1.13. The molecule has 0 atom stereocenters. The van der Waals surface area contributed by atoms with Gasteiger partial charge in [-0.15, -0.1) is 0 Å². The van der Waals surface area contributed by atoms with Crippen LogP contribution in [0.25, 0.3) is 0 Å². The molecule has 0 bridgehead atoms. The van der Waals surface area contributed by atoms with Crippen LogP contribution < -0.4 is 5.32 Å². The summed E-state index contributed by atoms with van der Waals surface area (Å²) in [5.74, 6) is 0.958. The van der Waals surface area contributed by atoms with E-state index < -0.39 is 0 Å². The highest BCUT2D eigenvalue weighted by Crippen LogP contribution is 2.24. The molecular weight excluding hydrogens is 250 g/mol. The predicted octanol–water partition coefficient (Wildman–Crippen LogP) is 2.64. The molecule has 4 nitrogen and oxygen atoms in total. The largest absolute Gasteiger partial charge is 0.395 e. The summed E-state index contributed by atoms with van der Waals surface area (Å²) in [6.07, 6.45) is 6.25. The van der Waals surface area contributed by atoms with Crippen molar-refractivity contribution in [2.45, 2.75) is 51.6 Å². The smallest absolute Gasteiger partial charge is 0.126 e.